The van der Waals surface area contributed by atoms with Gasteiger partial charge in [0.05, 0.1) is 5.56 Å². The van der Waals surface area contributed by atoms with Crippen LogP contribution in [-0.2, 0) is 0 Å². The van der Waals surface area contributed by atoms with E-state index in [9.17, 15) is 4.79 Å². The van der Waals surface area contributed by atoms with E-state index >= 15 is 0 Å². The number of hydrogen-bond acceptors (Lipinski definition) is 4. The van der Waals surface area contributed by atoms with Crippen LogP contribution in [0.4, 0.5) is 5.69 Å². The molecule has 0 radical (unpaired) electrons. The summed E-state index contributed by atoms with van der Waals surface area (Å²) in [6.07, 6.45) is 5.31. The molecule has 0 atom stereocenters. The molecule has 0 aliphatic carbocycles. The van der Waals surface area contributed by atoms with Crippen LogP contribution < -0.4 is 11.1 Å². The minimum absolute atomic E-state index is 0.134. The first-order chi connectivity index (χ1) is 9.00. The van der Waals surface area contributed by atoms with Gasteiger partial charge in [0.15, 0.2) is 0 Å². The molecule has 0 aromatic carbocycles. The zero-order valence-corrected chi connectivity index (χ0v) is 11.6. The van der Waals surface area contributed by atoms with Crippen LogP contribution in [0.25, 0.3) is 0 Å². The van der Waals surface area contributed by atoms with Crippen LogP contribution in [0.2, 0.25) is 0 Å². The first-order valence-corrected chi connectivity index (χ1v) is 6.66. The first kappa shape index (κ1) is 13.8. The molecule has 1 fully saturated rings. The molecule has 3 N–H and O–H groups in total. The minimum atomic E-state index is -0.134. The van der Waals surface area contributed by atoms with Crippen molar-refractivity contribution in [2.24, 2.45) is 5.41 Å². The third-order valence-electron chi connectivity index (χ3n) is 3.97. The molecule has 1 aliphatic heterocycles. The summed E-state index contributed by atoms with van der Waals surface area (Å²) < 4.78 is 0. The summed E-state index contributed by atoms with van der Waals surface area (Å²) in [4.78, 5) is 18.3. The first-order valence-electron chi connectivity index (χ1n) is 6.66. The maximum absolute atomic E-state index is 12.1. The van der Waals surface area contributed by atoms with Gasteiger partial charge in [-0.05, 0) is 44.5 Å². The van der Waals surface area contributed by atoms with Crippen molar-refractivity contribution in [1.82, 2.24) is 15.2 Å². The number of rotatable bonds is 3. The molecular weight excluding hydrogens is 240 g/mol. The van der Waals surface area contributed by atoms with Crippen LogP contribution in [0.1, 0.15) is 30.1 Å². The number of carbonyl (C=O) groups excluding carboxylic acids is 1. The topological polar surface area (TPSA) is 71.2 Å². The lowest BCUT2D eigenvalue weighted by atomic mass is 9.80. The molecule has 1 aromatic heterocycles. The number of nitrogens with zero attached hydrogens (tertiary/aromatic N) is 2. The van der Waals surface area contributed by atoms with Gasteiger partial charge in [-0.15, -0.1) is 0 Å². The van der Waals surface area contributed by atoms with E-state index in [0.717, 1.165) is 25.9 Å². The van der Waals surface area contributed by atoms with E-state index in [4.69, 9.17) is 5.73 Å². The maximum Gasteiger partial charge on any atom is 0.254 e. The van der Waals surface area contributed by atoms with Crippen LogP contribution in [0, 0.1) is 5.41 Å². The highest BCUT2D eigenvalue weighted by atomic mass is 16.1. The highest BCUT2D eigenvalue weighted by Gasteiger charge is 2.29. The van der Waals surface area contributed by atoms with Gasteiger partial charge in [-0.1, -0.05) is 6.92 Å². The number of nitrogen functional groups attached to an aromatic ring is 1. The van der Waals surface area contributed by atoms with E-state index in [2.05, 4.69) is 29.2 Å². The fourth-order valence-corrected chi connectivity index (χ4v) is 2.32. The number of pyridine rings is 1. The van der Waals surface area contributed by atoms with Gasteiger partial charge in [0.2, 0.25) is 0 Å². The number of nitrogens with two attached hydrogens (primary N) is 1. The lowest BCUT2D eigenvalue weighted by Gasteiger charge is -2.37. The second-order valence-electron chi connectivity index (χ2n) is 5.76. The zero-order chi connectivity index (χ0) is 13.9. The van der Waals surface area contributed by atoms with Crippen molar-refractivity contribution in [2.45, 2.75) is 19.8 Å². The normalized spacial score (nSPS) is 19.1. The van der Waals surface area contributed by atoms with Crippen LogP contribution in [0.3, 0.4) is 0 Å². The molecule has 5 nitrogen and oxygen atoms in total. The number of amides is 1. The Balaban J connectivity index is 1.92. The Kier molecular flexibility index (Phi) is 4.04. The summed E-state index contributed by atoms with van der Waals surface area (Å²) in [6, 6.07) is 1.65. The Labute approximate surface area is 114 Å². The molecule has 1 aliphatic rings. The minimum Gasteiger partial charge on any atom is -0.398 e. The summed E-state index contributed by atoms with van der Waals surface area (Å²) in [5.41, 5.74) is 6.88. The second-order valence-corrected chi connectivity index (χ2v) is 5.76. The van der Waals surface area contributed by atoms with E-state index in [1.807, 2.05) is 0 Å². The van der Waals surface area contributed by atoms with Crippen molar-refractivity contribution in [3.8, 4) is 0 Å². The maximum atomic E-state index is 12.1. The number of hydrogen-bond donors (Lipinski definition) is 2. The SMILES string of the molecule is CN1CCC(C)(CNC(=O)c2cnccc2N)CC1. The van der Waals surface area contributed by atoms with E-state index in [1.54, 1.807) is 12.3 Å². The molecule has 5 heteroatoms. The number of anilines is 1. The number of aromatic nitrogens is 1. The number of piperidine rings is 1. The summed E-state index contributed by atoms with van der Waals surface area (Å²) in [7, 11) is 2.13. The van der Waals surface area contributed by atoms with Crippen LogP contribution in [-0.4, -0.2) is 42.5 Å². The average Bonchev–Trinajstić information content (AvgIpc) is 2.41. The predicted octanol–water partition coefficient (Wildman–Crippen LogP) is 1.13. The molecule has 104 valence electrons. The summed E-state index contributed by atoms with van der Waals surface area (Å²) in [6.45, 7) is 5.09. The monoisotopic (exact) mass is 262 g/mol. The van der Waals surface area contributed by atoms with Crippen LogP contribution >= 0.6 is 0 Å². The molecule has 1 amide bonds. The van der Waals surface area contributed by atoms with Gasteiger partial charge in [0.25, 0.3) is 5.91 Å². The lowest BCUT2D eigenvalue weighted by molar-refractivity contribution is 0.0892. The Morgan fingerprint density at radius 3 is 2.84 bits per heavy atom. The smallest absolute Gasteiger partial charge is 0.254 e. The van der Waals surface area contributed by atoms with Crippen LogP contribution in [0.15, 0.2) is 18.5 Å². The molecule has 0 unspecified atom stereocenters. The quantitative estimate of drug-likeness (QED) is 0.856. The van der Waals surface area contributed by atoms with Crippen molar-refractivity contribution in [1.29, 1.82) is 0 Å². The third-order valence-corrected chi connectivity index (χ3v) is 3.97. The zero-order valence-electron chi connectivity index (χ0n) is 11.6. The van der Waals surface area contributed by atoms with Crippen molar-refractivity contribution in [3.05, 3.63) is 24.0 Å². The molecule has 2 heterocycles. The fourth-order valence-electron chi connectivity index (χ4n) is 2.32. The van der Waals surface area contributed by atoms with Crippen molar-refractivity contribution in [3.63, 3.8) is 0 Å². The molecule has 0 bridgehead atoms. The standard InChI is InChI=1S/C14H22N4O/c1-14(4-7-18(2)8-5-14)10-17-13(19)11-9-16-6-3-12(11)15/h3,6,9H,4-5,7-8,10H2,1-2H3,(H2,15,16)(H,17,19). The largest absolute Gasteiger partial charge is 0.398 e. The van der Waals surface area contributed by atoms with E-state index in [-0.39, 0.29) is 11.3 Å². The Bertz CT molecular complexity index is 453. The number of carbonyl (C=O) groups is 1. The van der Waals surface area contributed by atoms with Gasteiger partial charge < -0.3 is 16.0 Å². The van der Waals surface area contributed by atoms with E-state index in [1.165, 1.54) is 6.20 Å². The highest BCUT2D eigenvalue weighted by molar-refractivity contribution is 5.98. The molecule has 0 spiro atoms. The van der Waals surface area contributed by atoms with Gasteiger partial charge in [0.1, 0.15) is 0 Å². The molecule has 1 saturated heterocycles. The third kappa shape index (κ3) is 3.44. The molecule has 19 heavy (non-hydrogen) atoms. The lowest BCUT2D eigenvalue weighted by Crippen LogP contribution is -2.43. The van der Waals surface area contributed by atoms with E-state index < -0.39 is 0 Å². The second kappa shape index (κ2) is 5.57. The van der Waals surface area contributed by atoms with Crippen LogP contribution in [0.5, 0.6) is 0 Å². The summed E-state index contributed by atoms with van der Waals surface area (Å²) >= 11 is 0. The summed E-state index contributed by atoms with van der Waals surface area (Å²) in [5, 5.41) is 2.99. The Morgan fingerprint density at radius 2 is 2.21 bits per heavy atom. The van der Waals surface area contributed by atoms with Gasteiger partial charge in [0, 0.05) is 24.6 Å². The van der Waals surface area contributed by atoms with Gasteiger partial charge in [-0.3, -0.25) is 9.78 Å². The molecule has 0 saturated carbocycles. The van der Waals surface area contributed by atoms with Gasteiger partial charge in [-0.2, -0.15) is 0 Å². The Hall–Kier alpha value is -1.62. The molecule has 1 aromatic rings. The van der Waals surface area contributed by atoms with Gasteiger partial charge in [-0.25, -0.2) is 0 Å². The summed E-state index contributed by atoms with van der Waals surface area (Å²) in [5.74, 6) is -0.134. The highest BCUT2D eigenvalue weighted by Crippen LogP contribution is 2.29. The van der Waals surface area contributed by atoms with Gasteiger partial charge >= 0.3 is 0 Å². The average molecular weight is 262 g/mol. The van der Waals surface area contributed by atoms with Crippen molar-refractivity contribution in [2.75, 3.05) is 32.4 Å². The molecular formula is C14H22N4O. The van der Waals surface area contributed by atoms with Crippen molar-refractivity contribution >= 4 is 11.6 Å². The van der Waals surface area contributed by atoms with Crippen molar-refractivity contribution < 1.29 is 4.79 Å². The number of nitrogens with one attached hydrogen (secondary N) is 1. The van der Waals surface area contributed by atoms with E-state index in [0.29, 0.717) is 17.8 Å². The number of likely N-dealkylation sites (tertiary alicyclic amines) is 1. The predicted molar refractivity (Wildman–Crippen MR) is 75.8 cm³/mol. The fraction of sp³-hybridized carbons (Fsp3) is 0.571. The molecule has 2 rings (SSSR count). The Morgan fingerprint density at radius 1 is 1.53 bits per heavy atom.